The maximum Gasteiger partial charge on any atom is 0.231 e. The minimum atomic E-state index is 0.127. The highest BCUT2D eigenvalue weighted by molar-refractivity contribution is 5.98. The zero-order valence-corrected chi connectivity index (χ0v) is 11.8. The normalized spacial score (nSPS) is 10.9. The van der Waals surface area contributed by atoms with Gasteiger partial charge >= 0.3 is 0 Å². The third kappa shape index (κ3) is 2.03. The summed E-state index contributed by atoms with van der Waals surface area (Å²) < 4.78 is 1.83. The maximum absolute atomic E-state index is 12.3. The molecule has 1 heterocycles. The second-order valence-corrected chi connectivity index (χ2v) is 5.04. The number of rotatable bonds is 2. The fraction of sp³-hybridized carbons (Fsp3) is 0.167. The van der Waals surface area contributed by atoms with Crippen LogP contribution in [0.25, 0.3) is 22.2 Å². The van der Waals surface area contributed by atoms with Gasteiger partial charge in [-0.3, -0.25) is 9.36 Å². The molecule has 0 saturated carbocycles. The topological polar surface area (TPSA) is 22.0 Å². The second kappa shape index (κ2) is 4.97. The van der Waals surface area contributed by atoms with E-state index in [0.29, 0.717) is 6.42 Å². The number of hydrogen-bond acceptors (Lipinski definition) is 1. The SMILES string of the molecule is CCC(=O)n1c(-c2ccc(C)cc2)cc2ccccc21. The summed E-state index contributed by atoms with van der Waals surface area (Å²) in [6.07, 6.45) is 0.498. The van der Waals surface area contributed by atoms with E-state index in [0.717, 1.165) is 22.2 Å². The van der Waals surface area contributed by atoms with Gasteiger partial charge in [0, 0.05) is 11.8 Å². The molecule has 0 aliphatic carbocycles. The van der Waals surface area contributed by atoms with Crippen molar-refractivity contribution in [2.75, 3.05) is 0 Å². The Morgan fingerprint density at radius 1 is 1.05 bits per heavy atom. The molecule has 0 amide bonds. The lowest BCUT2D eigenvalue weighted by atomic mass is 10.1. The van der Waals surface area contributed by atoms with Crippen LogP contribution in [0.3, 0.4) is 0 Å². The van der Waals surface area contributed by atoms with Crippen molar-refractivity contribution in [3.05, 3.63) is 60.2 Å². The molecule has 0 unspecified atom stereocenters. The Balaban J connectivity index is 2.29. The standard InChI is InChI=1S/C18H17NO/c1-3-18(20)19-16-7-5-4-6-15(16)12-17(19)14-10-8-13(2)9-11-14/h4-12H,3H2,1-2H3. The highest BCUT2D eigenvalue weighted by atomic mass is 16.2. The summed E-state index contributed by atoms with van der Waals surface area (Å²) in [5.41, 5.74) is 4.25. The number of carbonyl (C=O) groups excluding carboxylic acids is 1. The Kier molecular flexibility index (Phi) is 3.15. The molecular formula is C18H17NO. The van der Waals surface area contributed by atoms with Crippen molar-refractivity contribution in [1.82, 2.24) is 4.57 Å². The predicted octanol–water partition coefficient (Wildman–Crippen LogP) is 4.67. The summed E-state index contributed by atoms with van der Waals surface area (Å²) in [6, 6.07) is 18.4. The summed E-state index contributed by atoms with van der Waals surface area (Å²) in [4.78, 5) is 12.3. The first-order valence-corrected chi connectivity index (χ1v) is 6.91. The molecule has 20 heavy (non-hydrogen) atoms. The van der Waals surface area contributed by atoms with Crippen molar-refractivity contribution in [1.29, 1.82) is 0 Å². The van der Waals surface area contributed by atoms with Crippen molar-refractivity contribution < 1.29 is 4.79 Å². The van der Waals surface area contributed by atoms with Crippen LogP contribution in [0, 0.1) is 6.92 Å². The quantitative estimate of drug-likeness (QED) is 0.658. The highest BCUT2D eigenvalue weighted by Crippen LogP contribution is 2.28. The number of aryl methyl sites for hydroxylation is 1. The van der Waals surface area contributed by atoms with Crippen molar-refractivity contribution in [3.8, 4) is 11.3 Å². The molecular weight excluding hydrogens is 246 g/mol. The number of carbonyl (C=O) groups is 1. The van der Waals surface area contributed by atoms with Crippen LogP contribution in [0.15, 0.2) is 54.6 Å². The number of hydrogen-bond donors (Lipinski definition) is 0. The van der Waals surface area contributed by atoms with Crippen LogP contribution in [0.5, 0.6) is 0 Å². The van der Waals surface area contributed by atoms with Crippen LogP contribution in [0.4, 0.5) is 0 Å². The number of nitrogens with zero attached hydrogens (tertiary/aromatic N) is 1. The van der Waals surface area contributed by atoms with Crippen LogP contribution >= 0.6 is 0 Å². The van der Waals surface area contributed by atoms with E-state index in [2.05, 4.69) is 37.3 Å². The number of aromatic nitrogens is 1. The lowest BCUT2D eigenvalue weighted by Gasteiger charge is -2.08. The Morgan fingerprint density at radius 3 is 2.45 bits per heavy atom. The van der Waals surface area contributed by atoms with E-state index in [4.69, 9.17) is 0 Å². The van der Waals surface area contributed by atoms with E-state index in [-0.39, 0.29) is 5.91 Å². The predicted molar refractivity (Wildman–Crippen MR) is 83.0 cm³/mol. The lowest BCUT2D eigenvalue weighted by Crippen LogP contribution is -2.09. The molecule has 0 radical (unpaired) electrons. The highest BCUT2D eigenvalue weighted by Gasteiger charge is 2.14. The first-order valence-electron chi connectivity index (χ1n) is 6.91. The molecule has 3 aromatic rings. The molecule has 2 nitrogen and oxygen atoms in total. The molecule has 1 aromatic heterocycles. The average Bonchev–Trinajstić information content (AvgIpc) is 2.86. The van der Waals surface area contributed by atoms with Crippen LogP contribution < -0.4 is 0 Å². The largest absolute Gasteiger partial charge is 0.280 e. The Hall–Kier alpha value is -2.35. The molecule has 3 rings (SSSR count). The third-order valence-corrected chi connectivity index (χ3v) is 3.61. The zero-order valence-electron chi connectivity index (χ0n) is 11.8. The van der Waals surface area contributed by atoms with Gasteiger partial charge in [0.15, 0.2) is 0 Å². The van der Waals surface area contributed by atoms with Crippen molar-refractivity contribution in [3.63, 3.8) is 0 Å². The first-order chi connectivity index (χ1) is 9.70. The van der Waals surface area contributed by atoms with Gasteiger partial charge in [-0.15, -0.1) is 0 Å². The number of benzene rings is 2. The summed E-state index contributed by atoms with van der Waals surface area (Å²) >= 11 is 0. The number of fused-ring (bicyclic) bond motifs is 1. The lowest BCUT2D eigenvalue weighted by molar-refractivity contribution is 0.0916. The zero-order chi connectivity index (χ0) is 14.1. The maximum atomic E-state index is 12.3. The van der Waals surface area contributed by atoms with E-state index < -0.39 is 0 Å². The van der Waals surface area contributed by atoms with Crippen LogP contribution in [-0.4, -0.2) is 10.5 Å². The molecule has 0 aliphatic heterocycles. The smallest absolute Gasteiger partial charge is 0.231 e. The molecule has 0 saturated heterocycles. The Labute approximate surface area is 118 Å². The Morgan fingerprint density at radius 2 is 1.75 bits per heavy atom. The van der Waals surface area contributed by atoms with E-state index in [1.807, 2.05) is 35.8 Å². The van der Waals surface area contributed by atoms with Gasteiger partial charge in [-0.2, -0.15) is 0 Å². The first kappa shape index (κ1) is 12.7. The summed E-state index contributed by atoms with van der Waals surface area (Å²) in [5, 5.41) is 1.10. The molecule has 0 aliphatic rings. The van der Waals surface area contributed by atoms with Gasteiger partial charge in [-0.05, 0) is 24.6 Å². The van der Waals surface area contributed by atoms with Gasteiger partial charge in [0.25, 0.3) is 0 Å². The van der Waals surface area contributed by atoms with Gasteiger partial charge in [0.2, 0.25) is 5.91 Å². The third-order valence-electron chi connectivity index (χ3n) is 3.61. The molecule has 2 heteroatoms. The molecule has 0 bridgehead atoms. The molecule has 0 atom stereocenters. The minimum absolute atomic E-state index is 0.127. The summed E-state index contributed by atoms with van der Waals surface area (Å²) in [5.74, 6) is 0.127. The van der Waals surface area contributed by atoms with Crippen LogP contribution in [-0.2, 0) is 0 Å². The average molecular weight is 263 g/mol. The van der Waals surface area contributed by atoms with E-state index in [1.54, 1.807) is 0 Å². The van der Waals surface area contributed by atoms with Gasteiger partial charge in [-0.25, -0.2) is 0 Å². The fourth-order valence-corrected chi connectivity index (χ4v) is 2.52. The van der Waals surface area contributed by atoms with Crippen molar-refractivity contribution in [2.24, 2.45) is 0 Å². The van der Waals surface area contributed by atoms with E-state index in [9.17, 15) is 4.79 Å². The van der Waals surface area contributed by atoms with E-state index >= 15 is 0 Å². The van der Waals surface area contributed by atoms with Crippen LogP contribution in [0.1, 0.15) is 23.7 Å². The van der Waals surface area contributed by atoms with Gasteiger partial charge in [0.05, 0.1) is 11.2 Å². The fourth-order valence-electron chi connectivity index (χ4n) is 2.52. The van der Waals surface area contributed by atoms with Gasteiger partial charge < -0.3 is 0 Å². The molecule has 0 N–H and O–H groups in total. The molecule has 0 fully saturated rings. The Bertz CT molecular complexity index is 766. The van der Waals surface area contributed by atoms with Crippen LogP contribution in [0.2, 0.25) is 0 Å². The van der Waals surface area contributed by atoms with Gasteiger partial charge in [-0.1, -0.05) is 55.0 Å². The summed E-state index contributed by atoms with van der Waals surface area (Å²) in [7, 11) is 0. The molecule has 0 spiro atoms. The molecule has 100 valence electrons. The molecule has 2 aromatic carbocycles. The minimum Gasteiger partial charge on any atom is -0.280 e. The number of para-hydroxylation sites is 1. The summed E-state index contributed by atoms with van der Waals surface area (Å²) in [6.45, 7) is 3.96. The van der Waals surface area contributed by atoms with E-state index in [1.165, 1.54) is 5.56 Å². The van der Waals surface area contributed by atoms with Gasteiger partial charge in [0.1, 0.15) is 0 Å². The monoisotopic (exact) mass is 263 g/mol. The van der Waals surface area contributed by atoms with Crippen molar-refractivity contribution in [2.45, 2.75) is 20.3 Å². The van der Waals surface area contributed by atoms with Crippen molar-refractivity contribution >= 4 is 16.8 Å². The second-order valence-electron chi connectivity index (χ2n) is 5.04.